The molecule has 150 valence electrons. The molecule has 1 N–H and O–H groups in total. The third kappa shape index (κ3) is 4.77. The Morgan fingerprint density at radius 3 is 2.67 bits per heavy atom. The van der Waals surface area contributed by atoms with E-state index in [2.05, 4.69) is 20.6 Å². The Hall–Kier alpha value is -1.72. The fourth-order valence-corrected chi connectivity index (χ4v) is 3.76. The standard InChI is InChI=1S/C15H19F3N6OS.ClH/c1-9-13(21-22-24(9)10-3-5-19-6-4-10)14(25)23(2)7-12-20-11(8-26-12)15(16,17)18;/h8,10,19H,3-7H2,1-2H3;1H. The number of rotatable bonds is 4. The van der Waals surface area contributed by atoms with Crippen LogP contribution < -0.4 is 5.32 Å². The summed E-state index contributed by atoms with van der Waals surface area (Å²) in [5.74, 6) is -0.383. The first kappa shape index (κ1) is 21.6. The first-order valence-electron chi connectivity index (χ1n) is 8.17. The third-order valence-corrected chi connectivity index (χ3v) is 5.18. The van der Waals surface area contributed by atoms with Crippen LogP contribution in [0.25, 0.3) is 0 Å². The average molecular weight is 425 g/mol. The number of piperidine rings is 1. The van der Waals surface area contributed by atoms with Crippen LogP contribution in [0.2, 0.25) is 0 Å². The van der Waals surface area contributed by atoms with E-state index in [-0.39, 0.29) is 41.6 Å². The molecule has 1 amide bonds. The second kappa shape index (κ2) is 8.53. The van der Waals surface area contributed by atoms with E-state index >= 15 is 0 Å². The van der Waals surface area contributed by atoms with Gasteiger partial charge in [-0.1, -0.05) is 5.21 Å². The molecule has 1 aliphatic heterocycles. The van der Waals surface area contributed by atoms with E-state index in [0.717, 1.165) is 42.6 Å². The highest BCUT2D eigenvalue weighted by atomic mass is 35.5. The fourth-order valence-electron chi connectivity index (χ4n) is 2.91. The monoisotopic (exact) mass is 424 g/mol. The van der Waals surface area contributed by atoms with Crippen LogP contribution in [0, 0.1) is 6.92 Å². The van der Waals surface area contributed by atoms with E-state index in [1.807, 2.05) is 0 Å². The summed E-state index contributed by atoms with van der Waals surface area (Å²) >= 11 is 0.876. The zero-order valence-corrected chi connectivity index (χ0v) is 16.4. The van der Waals surface area contributed by atoms with Gasteiger partial charge in [0.25, 0.3) is 5.91 Å². The molecule has 2 aromatic heterocycles. The number of thiazole rings is 1. The number of hydrogen-bond acceptors (Lipinski definition) is 6. The van der Waals surface area contributed by atoms with Crippen LogP contribution in [0.4, 0.5) is 13.2 Å². The van der Waals surface area contributed by atoms with Crippen molar-refractivity contribution in [3.05, 3.63) is 27.5 Å². The Balaban J connectivity index is 0.00000261. The Morgan fingerprint density at radius 1 is 1.41 bits per heavy atom. The predicted octanol–water partition coefficient (Wildman–Crippen LogP) is 2.68. The van der Waals surface area contributed by atoms with E-state index in [9.17, 15) is 18.0 Å². The number of aromatic nitrogens is 4. The van der Waals surface area contributed by atoms with Crippen molar-refractivity contribution in [3.63, 3.8) is 0 Å². The summed E-state index contributed by atoms with van der Waals surface area (Å²) in [5.41, 5.74) is -0.0473. The molecule has 27 heavy (non-hydrogen) atoms. The maximum Gasteiger partial charge on any atom is 0.434 e. The van der Waals surface area contributed by atoms with Gasteiger partial charge in [-0.2, -0.15) is 13.2 Å². The van der Waals surface area contributed by atoms with Crippen molar-refractivity contribution >= 4 is 29.7 Å². The molecule has 0 saturated carbocycles. The van der Waals surface area contributed by atoms with Gasteiger partial charge in [0.1, 0.15) is 5.01 Å². The van der Waals surface area contributed by atoms with Gasteiger partial charge in [0, 0.05) is 12.4 Å². The summed E-state index contributed by atoms with van der Waals surface area (Å²) in [7, 11) is 1.51. The lowest BCUT2D eigenvalue weighted by atomic mass is 10.1. The van der Waals surface area contributed by atoms with Gasteiger partial charge in [0.2, 0.25) is 0 Å². The molecule has 0 spiro atoms. The molecule has 1 saturated heterocycles. The topological polar surface area (TPSA) is 75.9 Å². The Labute approximate surface area is 164 Å². The van der Waals surface area contributed by atoms with Crippen molar-refractivity contribution in [2.45, 2.75) is 38.5 Å². The zero-order valence-electron chi connectivity index (χ0n) is 14.8. The lowest BCUT2D eigenvalue weighted by Crippen LogP contribution is -2.30. The quantitative estimate of drug-likeness (QED) is 0.816. The van der Waals surface area contributed by atoms with E-state index < -0.39 is 11.9 Å². The summed E-state index contributed by atoms with van der Waals surface area (Å²) < 4.78 is 39.7. The number of amides is 1. The molecule has 3 rings (SSSR count). The molecule has 0 atom stereocenters. The Bertz CT molecular complexity index is 787. The first-order valence-corrected chi connectivity index (χ1v) is 9.05. The van der Waals surface area contributed by atoms with Gasteiger partial charge in [0.05, 0.1) is 18.3 Å². The normalized spacial score (nSPS) is 15.4. The fraction of sp³-hybridized carbons (Fsp3) is 0.600. The SMILES string of the molecule is Cc1c(C(=O)N(C)Cc2nc(C(F)(F)F)cs2)nnn1C1CCNCC1.Cl. The van der Waals surface area contributed by atoms with Gasteiger partial charge >= 0.3 is 6.18 Å². The number of carbonyl (C=O) groups excluding carboxylic acids is 1. The molecule has 1 aliphatic rings. The predicted molar refractivity (Wildman–Crippen MR) is 96.1 cm³/mol. The summed E-state index contributed by atoms with van der Waals surface area (Å²) in [6, 6.07) is 0.198. The average Bonchev–Trinajstić information content (AvgIpc) is 3.21. The molecule has 12 heteroatoms. The first-order chi connectivity index (χ1) is 12.3. The van der Waals surface area contributed by atoms with E-state index in [1.165, 1.54) is 11.9 Å². The third-order valence-electron chi connectivity index (χ3n) is 4.35. The molecule has 0 aliphatic carbocycles. The molecule has 2 aromatic rings. The van der Waals surface area contributed by atoms with Gasteiger partial charge < -0.3 is 10.2 Å². The maximum atomic E-state index is 12.6. The van der Waals surface area contributed by atoms with Crippen LogP contribution in [0.5, 0.6) is 0 Å². The van der Waals surface area contributed by atoms with Crippen molar-refractivity contribution < 1.29 is 18.0 Å². The zero-order chi connectivity index (χ0) is 18.9. The minimum absolute atomic E-state index is 0. The van der Waals surface area contributed by atoms with Gasteiger partial charge in [-0.3, -0.25) is 4.79 Å². The summed E-state index contributed by atoms with van der Waals surface area (Å²) in [5, 5.41) is 12.6. The lowest BCUT2D eigenvalue weighted by Gasteiger charge is -2.23. The number of hydrogen-bond donors (Lipinski definition) is 1. The van der Waals surface area contributed by atoms with Gasteiger partial charge in [-0.15, -0.1) is 28.8 Å². The Kier molecular flexibility index (Phi) is 6.82. The van der Waals surface area contributed by atoms with Crippen molar-refractivity contribution in [2.24, 2.45) is 0 Å². The van der Waals surface area contributed by atoms with Crippen LogP contribution in [0.15, 0.2) is 5.38 Å². The Morgan fingerprint density at radius 2 is 2.07 bits per heavy atom. The summed E-state index contributed by atoms with van der Waals surface area (Å²) in [4.78, 5) is 17.5. The largest absolute Gasteiger partial charge is 0.434 e. The molecular formula is C15H20ClF3N6OS. The number of carbonyl (C=O) groups is 1. The van der Waals surface area contributed by atoms with Crippen LogP contribution in [0.1, 0.15) is 45.8 Å². The number of alkyl halides is 3. The number of halogens is 4. The molecule has 0 aromatic carbocycles. The number of nitrogens with zero attached hydrogens (tertiary/aromatic N) is 5. The second-order valence-corrected chi connectivity index (χ2v) is 7.18. The van der Waals surface area contributed by atoms with Crippen molar-refractivity contribution in [1.82, 2.24) is 30.2 Å². The highest BCUT2D eigenvalue weighted by Crippen LogP contribution is 2.30. The minimum atomic E-state index is -4.48. The molecule has 0 bridgehead atoms. The van der Waals surface area contributed by atoms with Crippen LogP contribution in [-0.2, 0) is 12.7 Å². The van der Waals surface area contributed by atoms with Crippen LogP contribution in [0.3, 0.4) is 0 Å². The minimum Gasteiger partial charge on any atom is -0.333 e. The van der Waals surface area contributed by atoms with Crippen LogP contribution in [-0.4, -0.2) is 50.9 Å². The molecule has 7 nitrogen and oxygen atoms in total. The second-order valence-electron chi connectivity index (χ2n) is 6.23. The molecule has 1 fully saturated rings. The van der Waals surface area contributed by atoms with E-state index in [1.54, 1.807) is 11.6 Å². The van der Waals surface area contributed by atoms with Gasteiger partial charge in [0.15, 0.2) is 11.4 Å². The highest BCUT2D eigenvalue weighted by Gasteiger charge is 2.34. The van der Waals surface area contributed by atoms with Crippen molar-refractivity contribution in [3.8, 4) is 0 Å². The summed E-state index contributed by atoms with van der Waals surface area (Å²) in [6.07, 6.45) is -2.66. The van der Waals surface area contributed by atoms with Crippen LogP contribution >= 0.6 is 23.7 Å². The van der Waals surface area contributed by atoms with E-state index in [4.69, 9.17) is 0 Å². The molecule has 0 unspecified atom stereocenters. The highest BCUT2D eigenvalue weighted by molar-refractivity contribution is 7.09. The maximum absolute atomic E-state index is 12.6. The molecular weight excluding hydrogens is 405 g/mol. The van der Waals surface area contributed by atoms with Gasteiger partial charge in [-0.25, -0.2) is 9.67 Å². The van der Waals surface area contributed by atoms with Crippen molar-refractivity contribution in [1.29, 1.82) is 0 Å². The molecule has 0 radical (unpaired) electrons. The van der Waals surface area contributed by atoms with Crippen molar-refractivity contribution in [2.75, 3.05) is 20.1 Å². The number of nitrogens with one attached hydrogen (secondary N) is 1. The smallest absolute Gasteiger partial charge is 0.333 e. The molecule has 3 heterocycles. The van der Waals surface area contributed by atoms with Gasteiger partial charge in [-0.05, 0) is 32.9 Å². The lowest BCUT2D eigenvalue weighted by molar-refractivity contribution is -0.140. The summed E-state index contributed by atoms with van der Waals surface area (Å²) in [6.45, 7) is 3.55. The van der Waals surface area contributed by atoms with E-state index in [0.29, 0.717) is 5.69 Å².